The molecule has 1 aromatic carbocycles. The average Bonchev–Trinajstić information content (AvgIpc) is 2.32. The third-order valence-corrected chi connectivity index (χ3v) is 4.36. The molecule has 21 heavy (non-hydrogen) atoms. The highest BCUT2D eigenvalue weighted by atomic mass is 35.5. The number of nitrogens with two attached hydrogens (primary N) is 1. The maximum Gasteiger partial charge on any atom is 0.242 e. The van der Waals surface area contributed by atoms with Crippen molar-refractivity contribution in [1.82, 2.24) is 10.0 Å². The molecule has 0 fully saturated rings. The number of nitrogen functional groups attached to an aromatic ring is 1. The molecule has 0 aliphatic carbocycles. The third-order valence-electron chi connectivity index (χ3n) is 2.43. The molecular formula is C12H17ClFN3O3S. The van der Waals surface area contributed by atoms with Crippen LogP contribution < -0.4 is 15.8 Å². The molecule has 0 aromatic heterocycles. The van der Waals surface area contributed by atoms with Crippen LogP contribution >= 0.6 is 11.6 Å². The lowest BCUT2D eigenvalue weighted by Gasteiger charge is -2.11. The van der Waals surface area contributed by atoms with E-state index in [1.807, 2.05) is 0 Å². The molecule has 0 radical (unpaired) electrons. The Bertz CT molecular complexity index is 635. The van der Waals surface area contributed by atoms with Gasteiger partial charge in [0.25, 0.3) is 0 Å². The summed E-state index contributed by atoms with van der Waals surface area (Å²) in [5.74, 6) is -1.08. The van der Waals surface area contributed by atoms with Gasteiger partial charge in [0, 0.05) is 19.0 Å². The summed E-state index contributed by atoms with van der Waals surface area (Å²) in [5.41, 5.74) is 5.01. The number of carbonyl (C=O) groups is 1. The molecule has 1 rings (SSSR count). The van der Waals surface area contributed by atoms with E-state index >= 15 is 0 Å². The average molecular weight is 338 g/mol. The number of carbonyl (C=O) groups excluding carboxylic acids is 1. The van der Waals surface area contributed by atoms with Gasteiger partial charge in [-0.25, -0.2) is 17.5 Å². The van der Waals surface area contributed by atoms with Crippen LogP contribution in [0.2, 0.25) is 5.02 Å². The number of sulfonamides is 1. The summed E-state index contributed by atoms with van der Waals surface area (Å²) < 4.78 is 39.4. The van der Waals surface area contributed by atoms with Gasteiger partial charge in [-0.2, -0.15) is 0 Å². The Morgan fingerprint density at radius 1 is 1.43 bits per heavy atom. The Morgan fingerprint density at radius 2 is 2.05 bits per heavy atom. The molecular weight excluding hydrogens is 321 g/mol. The molecule has 0 aliphatic rings. The van der Waals surface area contributed by atoms with Crippen molar-refractivity contribution in [2.45, 2.75) is 31.2 Å². The maximum atomic E-state index is 13.1. The number of hydrogen-bond acceptors (Lipinski definition) is 4. The quantitative estimate of drug-likeness (QED) is 0.680. The SMILES string of the molecule is CC(C)NC(=O)CCNS(=O)(=O)c1cc(N)c(F)cc1Cl. The number of anilines is 1. The van der Waals surface area contributed by atoms with Crippen molar-refractivity contribution in [3.05, 3.63) is 23.0 Å². The maximum absolute atomic E-state index is 13.1. The zero-order chi connectivity index (χ0) is 16.2. The van der Waals surface area contributed by atoms with E-state index in [2.05, 4.69) is 10.0 Å². The second-order valence-corrected chi connectivity index (χ2v) is 6.82. The minimum Gasteiger partial charge on any atom is -0.396 e. The highest BCUT2D eigenvalue weighted by Crippen LogP contribution is 2.26. The van der Waals surface area contributed by atoms with E-state index in [1.165, 1.54) is 0 Å². The summed E-state index contributed by atoms with van der Waals surface area (Å²) in [6, 6.07) is 1.74. The molecule has 1 aromatic rings. The van der Waals surface area contributed by atoms with Crippen LogP contribution in [0.15, 0.2) is 17.0 Å². The highest BCUT2D eigenvalue weighted by molar-refractivity contribution is 7.89. The summed E-state index contributed by atoms with van der Waals surface area (Å²) in [7, 11) is -3.96. The van der Waals surface area contributed by atoms with E-state index < -0.39 is 15.8 Å². The second kappa shape index (κ2) is 7.06. The molecule has 0 bridgehead atoms. The van der Waals surface area contributed by atoms with Gasteiger partial charge in [-0.1, -0.05) is 11.6 Å². The van der Waals surface area contributed by atoms with Gasteiger partial charge in [-0.05, 0) is 26.0 Å². The van der Waals surface area contributed by atoms with Crippen LogP contribution in [0, 0.1) is 5.82 Å². The number of hydrogen-bond donors (Lipinski definition) is 3. The highest BCUT2D eigenvalue weighted by Gasteiger charge is 2.20. The summed E-state index contributed by atoms with van der Waals surface area (Å²) >= 11 is 5.70. The smallest absolute Gasteiger partial charge is 0.242 e. The number of nitrogens with one attached hydrogen (secondary N) is 2. The molecule has 6 nitrogen and oxygen atoms in total. The van der Waals surface area contributed by atoms with Crippen LogP contribution in [-0.2, 0) is 14.8 Å². The first-order chi connectivity index (χ1) is 9.63. The lowest BCUT2D eigenvalue weighted by atomic mass is 10.3. The van der Waals surface area contributed by atoms with Crippen molar-refractivity contribution in [3.8, 4) is 0 Å². The molecule has 0 atom stereocenters. The van der Waals surface area contributed by atoms with Gasteiger partial charge in [0.2, 0.25) is 15.9 Å². The molecule has 0 aliphatic heterocycles. The molecule has 9 heteroatoms. The van der Waals surface area contributed by atoms with Gasteiger partial charge in [0.05, 0.1) is 10.7 Å². The fraction of sp³-hybridized carbons (Fsp3) is 0.417. The summed E-state index contributed by atoms with van der Waals surface area (Å²) in [5, 5.41) is 2.35. The van der Waals surface area contributed by atoms with Gasteiger partial charge in [-0.3, -0.25) is 4.79 Å². The van der Waals surface area contributed by atoms with Crippen molar-refractivity contribution in [2.75, 3.05) is 12.3 Å². The number of halogens is 2. The van der Waals surface area contributed by atoms with Crippen LogP contribution in [0.4, 0.5) is 10.1 Å². The fourth-order valence-corrected chi connectivity index (χ4v) is 3.10. The third kappa shape index (κ3) is 5.14. The van der Waals surface area contributed by atoms with Crippen molar-refractivity contribution in [3.63, 3.8) is 0 Å². The Morgan fingerprint density at radius 3 is 2.62 bits per heavy atom. The van der Waals surface area contributed by atoms with Crippen LogP contribution in [0.25, 0.3) is 0 Å². The van der Waals surface area contributed by atoms with E-state index in [1.54, 1.807) is 13.8 Å². The molecule has 0 heterocycles. The predicted molar refractivity (Wildman–Crippen MR) is 78.9 cm³/mol. The van der Waals surface area contributed by atoms with Crippen LogP contribution in [-0.4, -0.2) is 26.9 Å². The van der Waals surface area contributed by atoms with Gasteiger partial charge in [0.1, 0.15) is 10.7 Å². The Hall–Kier alpha value is -1.38. The number of amides is 1. The van der Waals surface area contributed by atoms with E-state index in [0.717, 1.165) is 12.1 Å². The minimum absolute atomic E-state index is 0.0221. The Balaban J connectivity index is 2.75. The first-order valence-electron chi connectivity index (χ1n) is 6.17. The van der Waals surface area contributed by atoms with Crippen molar-refractivity contribution >= 4 is 33.2 Å². The minimum atomic E-state index is -3.96. The summed E-state index contributed by atoms with van der Waals surface area (Å²) in [4.78, 5) is 11.1. The van der Waals surface area contributed by atoms with Gasteiger partial charge < -0.3 is 11.1 Å². The molecule has 0 spiro atoms. The van der Waals surface area contributed by atoms with Gasteiger partial charge >= 0.3 is 0 Å². The first-order valence-corrected chi connectivity index (χ1v) is 8.03. The Kier molecular flexibility index (Phi) is 5.94. The van der Waals surface area contributed by atoms with Gasteiger partial charge in [0.15, 0.2) is 0 Å². The van der Waals surface area contributed by atoms with E-state index in [0.29, 0.717) is 0 Å². The topological polar surface area (TPSA) is 101 Å². The van der Waals surface area contributed by atoms with Crippen molar-refractivity contribution in [1.29, 1.82) is 0 Å². The van der Waals surface area contributed by atoms with Crippen molar-refractivity contribution in [2.24, 2.45) is 0 Å². The standard InChI is InChI=1S/C12H17ClFN3O3S/c1-7(2)17-12(18)3-4-16-21(19,20)11-6-10(15)9(14)5-8(11)13/h5-7,16H,3-4,15H2,1-2H3,(H,17,18). The lowest BCUT2D eigenvalue weighted by molar-refractivity contribution is -0.121. The van der Waals surface area contributed by atoms with E-state index in [4.69, 9.17) is 17.3 Å². The van der Waals surface area contributed by atoms with Gasteiger partial charge in [-0.15, -0.1) is 0 Å². The number of benzene rings is 1. The van der Waals surface area contributed by atoms with Crippen LogP contribution in [0.1, 0.15) is 20.3 Å². The summed E-state index contributed by atoms with van der Waals surface area (Å²) in [6.45, 7) is 3.49. The van der Waals surface area contributed by atoms with Crippen molar-refractivity contribution < 1.29 is 17.6 Å². The summed E-state index contributed by atoms with van der Waals surface area (Å²) in [6.07, 6.45) is -0.0221. The predicted octanol–water partition coefficient (Wildman–Crippen LogP) is 1.25. The van der Waals surface area contributed by atoms with Crippen LogP contribution in [0.3, 0.4) is 0 Å². The molecule has 1 amide bonds. The molecule has 0 saturated carbocycles. The monoisotopic (exact) mass is 337 g/mol. The van der Waals surface area contributed by atoms with E-state index in [-0.39, 0.29) is 40.5 Å². The largest absolute Gasteiger partial charge is 0.396 e. The molecule has 4 N–H and O–H groups in total. The fourth-order valence-electron chi connectivity index (χ4n) is 1.52. The normalized spacial score (nSPS) is 11.7. The first kappa shape index (κ1) is 17.7. The second-order valence-electron chi connectivity index (χ2n) is 4.67. The molecule has 0 unspecified atom stereocenters. The molecule has 118 valence electrons. The van der Waals surface area contributed by atoms with E-state index in [9.17, 15) is 17.6 Å². The molecule has 0 saturated heterocycles. The zero-order valence-corrected chi connectivity index (χ0v) is 13.2. The Labute approximate surface area is 127 Å². The number of rotatable bonds is 6. The zero-order valence-electron chi connectivity index (χ0n) is 11.6. The lowest BCUT2D eigenvalue weighted by Crippen LogP contribution is -2.34. The van der Waals surface area contributed by atoms with Crippen LogP contribution in [0.5, 0.6) is 0 Å².